The zero-order chi connectivity index (χ0) is 15.0. The number of benzene rings is 1. The van der Waals surface area contributed by atoms with Crippen molar-refractivity contribution in [1.29, 1.82) is 0 Å². The molecule has 0 saturated heterocycles. The number of sulfonamides is 1. The van der Waals surface area contributed by atoms with E-state index in [2.05, 4.69) is 18.6 Å². The monoisotopic (exact) mass is 300 g/mol. The minimum atomic E-state index is -3.65. The molecular formula is C14H21FN2O2S. The molecule has 0 aromatic heterocycles. The molecule has 1 aromatic rings. The van der Waals surface area contributed by atoms with Crippen LogP contribution in [0.3, 0.4) is 0 Å². The lowest BCUT2D eigenvalue weighted by Crippen LogP contribution is -2.40. The maximum absolute atomic E-state index is 13.1. The van der Waals surface area contributed by atoms with E-state index in [0.717, 1.165) is 37.8 Å². The van der Waals surface area contributed by atoms with Crippen molar-refractivity contribution in [2.45, 2.75) is 50.5 Å². The predicted octanol–water partition coefficient (Wildman–Crippen LogP) is 2.66. The highest BCUT2D eigenvalue weighted by Gasteiger charge is 2.30. The second kappa shape index (κ2) is 5.33. The fraction of sp³-hybridized carbons (Fsp3) is 0.571. The zero-order valence-corrected chi connectivity index (χ0v) is 12.6. The average Bonchev–Trinajstić information content (AvgIpc) is 2.30. The molecule has 1 aromatic carbocycles. The fourth-order valence-electron chi connectivity index (χ4n) is 2.78. The van der Waals surface area contributed by atoms with Crippen molar-refractivity contribution < 1.29 is 12.8 Å². The number of halogens is 1. The SMILES string of the molecule is CC1(C)CCCC(NS(=O)(=O)c2ccc(F)c(N)c2)C1. The molecule has 4 nitrogen and oxygen atoms in total. The summed E-state index contributed by atoms with van der Waals surface area (Å²) in [5.41, 5.74) is 5.42. The van der Waals surface area contributed by atoms with E-state index < -0.39 is 15.8 Å². The topological polar surface area (TPSA) is 72.2 Å². The third-order valence-corrected chi connectivity index (χ3v) is 5.32. The second-order valence-electron chi connectivity index (χ2n) is 6.26. The zero-order valence-electron chi connectivity index (χ0n) is 11.8. The number of hydrogen-bond donors (Lipinski definition) is 2. The summed E-state index contributed by atoms with van der Waals surface area (Å²) in [4.78, 5) is 0.0137. The maximum Gasteiger partial charge on any atom is 0.240 e. The summed E-state index contributed by atoms with van der Waals surface area (Å²) in [7, 11) is -3.65. The van der Waals surface area contributed by atoms with Crippen molar-refractivity contribution in [1.82, 2.24) is 4.72 Å². The Labute approximate surface area is 119 Å². The van der Waals surface area contributed by atoms with Gasteiger partial charge < -0.3 is 5.73 Å². The first-order valence-electron chi connectivity index (χ1n) is 6.77. The van der Waals surface area contributed by atoms with E-state index >= 15 is 0 Å². The van der Waals surface area contributed by atoms with Gasteiger partial charge in [0.05, 0.1) is 10.6 Å². The third kappa shape index (κ3) is 3.49. The van der Waals surface area contributed by atoms with E-state index in [4.69, 9.17) is 5.73 Å². The Balaban J connectivity index is 2.16. The lowest BCUT2D eigenvalue weighted by atomic mass is 9.75. The van der Waals surface area contributed by atoms with Crippen LogP contribution in [0.5, 0.6) is 0 Å². The molecule has 20 heavy (non-hydrogen) atoms. The van der Waals surface area contributed by atoms with Gasteiger partial charge >= 0.3 is 0 Å². The minimum Gasteiger partial charge on any atom is -0.396 e. The Morgan fingerprint density at radius 2 is 2.10 bits per heavy atom. The number of nitrogen functional groups attached to an aromatic ring is 1. The molecule has 1 saturated carbocycles. The van der Waals surface area contributed by atoms with Gasteiger partial charge in [0, 0.05) is 6.04 Å². The maximum atomic E-state index is 13.1. The molecule has 1 unspecified atom stereocenters. The number of nitrogens with two attached hydrogens (primary N) is 1. The molecule has 0 amide bonds. The van der Waals surface area contributed by atoms with Gasteiger partial charge in [0.15, 0.2) is 0 Å². The number of anilines is 1. The largest absolute Gasteiger partial charge is 0.396 e. The van der Waals surface area contributed by atoms with Gasteiger partial charge in [-0.25, -0.2) is 17.5 Å². The number of rotatable bonds is 3. The second-order valence-corrected chi connectivity index (χ2v) is 7.98. The Morgan fingerprint density at radius 3 is 2.70 bits per heavy atom. The Morgan fingerprint density at radius 1 is 1.40 bits per heavy atom. The van der Waals surface area contributed by atoms with Crippen LogP contribution in [0.1, 0.15) is 39.5 Å². The summed E-state index contributed by atoms with van der Waals surface area (Å²) < 4.78 is 40.4. The Bertz CT molecular complexity index is 599. The van der Waals surface area contributed by atoms with Crippen LogP contribution < -0.4 is 10.5 Å². The Kier molecular flexibility index (Phi) is 4.07. The Hall–Kier alpha value is -1.14. The van der Waals surface area contributed by atoms with Crippen LogP contribution in [0.25, 0.3) is 0 Å². The van der Waals surface area contributed by atoms with Crippen LogP contribution in [0.4, 0.5) is 10.1 Å². The summed E-state index contributed by atoms with van der Waals surface area (Å²) in [6, 6.07) is 3.40. The summed E-state index contributed by atoms with van der Waals surface area (Å²) in [6.45, 7) is 4.28. The van der Waals surface area contributed by atoms with Crippen LogP contribution in [-0.2, 0) is 10.0 Å². The molecule has 0 aliphatic heterocycles. The van der Waals surface area contributed by atoms with Crippen LogP contribution in [0.15, 0.2) is 23.1 Å². The van der Waals surface area contributed by atoms with Gasteiger partial charge in [-0.3, -0.25) is 0 Å². The van der Waals surface area contributed by atoms with Gasteiger partial charge in [-0.1, -0.05) is 20.3 Å². The summed E-state index contributed by atoms with van der Waals surface area (Å²) >= 11 is 0. The fourth-order valence-corrected chi connectivity index (χ4v) is 4.08. The molecule has 1 aliphatic carbocycles. The van der Waals surface area contributed by atoms with Crippen LogP contribution in [-0.4, -0.2) is 14.5 Å². The number of nitrogens with one attached hydrogen (secondary N) is 1. The molecule has 0 radical (unpaired) electrons. The summed E-state index contributed by atoms with van der Waals surface area (Å²) in [5, 5.41) is 0. The minimum absolute atomic E-state index is 0.0137. The van der Waals surface area contributed by atoms with E-state index in [-0.39, 0.29) is 22.0 Å². The van der Waals surface area contributed by atoms with E-state index in [0.29, 0.717) is 0 Å². The van der Waals surface area contributed by atoms with E-state index in [1.54, 1.807) is 0 Å². The molecule has 1 fully saturated rings. The quantitative estimate of drug-likeness (QED) is 0.843. The van der Waals surface area contributed by atoms with Gasteiger partial charge in [-0.15, -0.1) is 0 Å². The molecule has 1 aliphatic rings. The molecule has 2 rings (SSSR count). The summed E-state index contributed by atoms with van der Waals surface area (Å²) in [6.07, 6.45) is 3.75. The first-order chi connectivity index (χ1) is 9.20. The third-order valence-electron chi connectivity index (χ3n) is 3.80. The van der Waals surface area contributed by atoms with Crippen molar-refractivity contribution in [2.75, 3.05) is 5.73 Å². The predicted molar refractivity (Wildman–Crippen MR) is 77.2 cm³/mol. The standard InChI is InChI=1S/C14H21FN2O2S/c1-14(2)7-3-4-10(9-14)17-20(18,19)11-5-6-12(15)13(16)8-11/h5-6,8,10,17H,3-4,7,9,16H2,1-2H3. The lowest BCUT2D eigenvalue weighted by Gasteiger charge is -2.35. The van der Waals surface area contributed by atoms with E-state index in [9.17, 15) is 12.8 Å². The first kappa shape index (κ1) is 15.3. The van der Waals surface area contributed by atoms with E-state index in [1.165, 1.54) is 6.07 Å². The molecular weight excluding hydrogens is 279 g/mol. The molecule has 112 valence electrons. The smallest absolute Gasteiger partial charge is 0.240 e. The van der Waals surface area contributed by atoms with Crippen LogP contribution in [0.2, 0.25) is 0 Å². The molecule has 6 heteroatoms. The molecule has 0 spiro atoms. The van der Waals surface area contributed by atoms with Gasteiger partial charge in [-0.05, 0) is 42.9 Å². The van der Waals surface area contributed by atoms with Crippen molar-refractivity contribution in [2.24, 2.45) is 5.41 Å². The van der Waals surface area contributed by atoms with Crippen molar-refractivity contribution >= 4 is 15.7 Å². The highest BCUT2D eigenvalue weighted by molar-refractivity contribution is 7.89. The highest BCUT2D eigenvalue weighted by Crippen LogP contribution is 2.35. The lowest BCUT2D eigenvalue weighted by molar-refractivity contribution is 0.212. The molecule has 0 heterocycles. The first-order valence-corrected chi connectivity index (χ1v) is 8.25. The van der Waals surface area contributed by atoms with Crippen molar-refractivity contribution in [3.63, 3.8) is 0 Å². The van der Waals surface area contributed by atoms with Crippen molar-refractivity contribution in [3.05, 3.63) is 24.0 Å². The van der Waals surface area contributed by atoms with Gasteiger partial charge in [0.25, 0.3) is 0 Å². The average molecular weight is 300 g/mol. The highest BCUT2D eigenvalue weighted by atomic mass is 32.2. The van der Waals surface area contributed by atoms with Gasteiger partial charge in [0.2, 0.25) is 10.0 Å². The normalized spacial score (nSPS) is 22.6. The summed E-state index contributed by atoms with van der Waals surface area (Å²) in [5.74, 6) is -0.609. The van der Waals surface area contributed by atoms with Crippen LogP contribution >= 0.6 is 0 Å². The number of hydrogen-bond acceptors (Lipinski definition) is 3. The van der Waals surface area contributed by atoms with E-state index in [1.807, 2.05) is 0 Å². The molecule has 0 bridgehead atoms. The van der Waals surface area contributed by atoms with Gasteiger partial charge in [-0.2, -0.15) is 0 Å². The van der Waals surface area contributed by atoms with Crippen LogP contribution in [0, 0.1) is 11.2 Å². The van der Waals surface area contributed by atoms with Gasteiger partial charge in [0.1, 0.15) is 5.82 Å². The van der Waals surface area contributed by atoms with Crippen molar-refractivity contribution in [3.8, 4) is 0 Å². The molecule has 1 atom stereocenters. The molecule has 3 N–H and O–H groups in total.